The maximum absolute atomic E-state index is 5.37. The third-order valence-corrected chi connectivity index (χ3v) is 6.00. The minimum atomic E-state index is 0.443. The van der Waals surface area contributed by atoms with Gasteiger partial charge in [0.05, 0.1) is 6.61 Å². The van der Waals surface area contributed by atoms with Crippen molar-refractivity contribution < 1.29 is 4.74 Å². The summed E-state index contributed by atoms with van der Waals surface area (Å²) in [5, 5.41) is 3.97. The van der Waals surface area contributed by atoms with Gasteiger partial charge in [-0.15, -0.1) is 0 Å². The van der Waals surface area contributed by atoms with E-state index in [0.29, 0.717) is 5.54 Å². The van der Waals surface area contributed by atoms with E-state index in [4.69, 9.17) is 4.74 Å². The van der Waals surface area contributed by atoms with Crippen LogP contribution in [0.5, 0.6) is 0 Å². The van der Waals surface area contributed by atoms with Gasteiger partial charge in [0.25, 0.3) is 0 Å². The molecule has 116 valence electrons. The van der Waals surface area contributed by atoms with Crippen LogP contribution in [0.4, 0.5) is 0 Å². The highest BCUT2D eigenvalue weighted by Crippen LogP contribution is 2.37. The number of ether oxygens (including phenoxy) is 1. The van der Waals surface area contributed by atoms with Crippen LogP contribution in [0, 0.1) is 5.92 Å². The third kappa shape index (κ3) is 3.20. The Balaban J connectivity index is 1.65. The molecular formula is C17H32N2O. The van der Waals surface area contributed by atoms with E-state index >= 15 is 0 Å². The van der Waals surface area contributed by atoms with Crippen molar-refractivity contribution in [3.8, 4) is 0 Å². The van der Waals surface area contributed by atoms with Crippen LogP contribution in [-0.4, -0.2) is 49.8 Å². The number of hydrogen-bond acceptors (Lipinski definition) is 3. The number of methoxy groups -OCH3 is 1. The lowest BCUT2D eigenvalue weighted by Gasteiger charge is -2.49. The van der Waals surface area contributed by atoms with Gasteiger partial charge in [0.15, 0.2) is 0 Å². The first-order chi connectivity index (χ1) is 9.83. The molecule has 1 aliphatic heterocycles. The minimum absolute atomic E-state index is 0.443. The lowest BCUT2D eigenvalue weighted by atomic mass is 9.80. The standard InChI is InChI=1S/C17H32N2O/c1-20-12-11-19-14-17(9-5-6-10-17)18-13-16(19)15-7-3-2-4-8-15/h15-16,18H,2-14H2,1H3. The molecule has 3 fully saturated rings. The molecule has 0 bridgehead atoms. The Morgan fingerprint density at radius 2 is 1.85 bits per heavy atom. The van der Waals surface area contributed by atoms with Crippen LogP contribution in [0.3, 0.4) is 0 Å². The fourth-order valence-electron chi connectivity index (χ4n) is 4.84. The van der Waals surface area contributed by atoms with E-state index in [2.05, 4.69) is 10.2 Å². The van der Waals surface area contributed by atoms with Crippen LogP contribution in [0.15, 0.2) is 0 Å². The fourth-order valence-corrected chi connectivity index (χ4v) is 4.84. The molecule has 2 saturated carbocycles. The van der Waals surface area contributed by atoms with Gasteiger partial charge in [0, 0.05) is 38.3 Å². The average Bonchev–Trinajstić information content (AvgIpc) is 2.94. The topological polar surface area (TPSA) is 24.5 Å². The Labute approximate surface area is 124 Å². The maximum atomic E-state index is 5.37. The molecule has 3 heteroatoms. The fraction of sp³-hybridized carbons (Fsp3) is 1.00. The third-order valence-electron chi connectivity index (χ3n) is 6.00. The smallest absolute Gasteiger partial charge is 0.0589 e. The van der Waals surface area contributed by atoms with E-state index in [-0.39, 0.29) is 0 Å². The lowest BCUT2D eigenvalue weighted by Crippen LogP contribution is -2.65. The quantitative estimate of drug-likeness (QED) is 0.857. The summed E-state index contributed by atoms with van der Waals surface area (Å²) < 4.78 is 5.37. The second-order valence-corrected chi connectivity index (χ2v) is 7.30. The Morgan fingerprint density at radius 3 is 2.55 bits per heavy atom. The molecule has 3 nitrogen and oxygen atoms in total. The van der Waals surface area contributed by atoms with Gasteiger partial charge in [0.1, 0.15) is 0 Å². The van der Waals surface area contributed by atoms with Gasteiger partial charge >= 0.3 is 0 Å². The van der Waals surface area contributed by atoms with Crippen LogP contribution in [-0.2, 0) is 4.74 Å². The van der Waals surface area contributed by atoms with Crippen LogP contribution in [0.2, 0.25) is 0 Å². The molecule has 1 spiro atoms. The minimum Gasteiger partial charge on any atom is -0.383 e. The molecule has 2 aliphatic carbocycles. The maximum Gasteiger partial charge on any atom is 0.0589 e. The second-order valence-electron chi connectivity index (χ2n) is 7.30. The zero-order valence-corrected chi connectivity index (χ0v) is 13.2. The number of piperazine rings is 1. The van der Waals surface area contributed by atoms with Gasteiger partial charge in [-0.25, -0.2) is 0 Å². The zero-order chi connectivity index (χ0) is 13.8. The highest BCUT2D eigenvalue weighted by atomic mass is 16.5. The molecule has 0 aromatic rings. The lowest BCUT2D eigenvalue weighted by molar-refractivity contribution is 0.0205. The van der Waals surface area contributed by atoms with Crippen molar-refractivity contribution in [2.24, 2.45) is 5.92 Å². The molecule has 1 atom stereocenters. The number of rotatable bonds is 4. The summed E-state index contributed by atoms with van der Waals surface area (Å²) in [4.78, 5) is 2.78. The summed E-state index contributed by atoms with van der Waals surface area (Å²) in [7, 11) is 1.84. The molecule has 3 rings (SSSR count). The Hall–Kier alpha value is -0.120. The summed E-state index contributed by atoms with van der Waals surface area (Å²) in [6.45, 7) is 4.49. The molecule has 1 heterocycles. The second kappa shape index (κ2) is 6.76. The normalized spacial score (nSPS) is 31.9. The molecule has 0 radical (unpaired) electrons. The first-order valence-electron chi connectivity index (χ1n) is 8.81. The van der Waals surface area contributed by atoms with Crippen LogP contribution in [0.1, 0.15) is 57.8 Å². The summed E-state index contributed by atoms with van der Waals surface area (Å²) in [6.07, 6.45) is 12.8. The van der Waals surface area contributed by atoms with E-state index in [9.17, 15) is 0 Å². The molecule has 20 heavy (non-hydrogen) atoms. The van der Waals surface area contributed by atoms with Crippen molar-refractivity contribution >= 4 is 0 Å². The van der Waals surface area contributed by atoms with Crippen molar-refractivity contribution in [2.45, 2.75) is 69.4 Å². The highest BCUT2D eigenvalue weighted by Gasteiger charge is 2.42. The molecule has 1 N–H and O–H groups in total. The summed E-state index contributed by atoms with van der Waals surface area (Å²) in [5.41, 5.74) is 0.443. The SMILES string of the molecule is COCCN1CC2(CCCC2)NCC1C1CCCCC1. The number of nitrogens with one attached hydrogen (secondary N) is 1. The molecule has 3 aliphatic rings. The molecule has 0 aromatic carbocycles. The van der Waals surface area contributed by atoms with E-state index < -0.39 is 0 Å². The van der Waals surface area contributed by atoms with Crippen molar-refractivity contribution in [3.63, 3.8) is 0 Å². The number of nitrogens with zero attached hydrogens (tertiary/aromatic N) is 1. The van der Waals surface area contributed by atoms with Crippen molar-refractivity contribution in [3.05, 3.63) is 0 Å². The van der Waals surface area contributed by atoms with E-state index in [1.807, 2.05) is 7.11 Å². The van der Waals surface area contributed by atoms with Crippen molar-refractivity contribution in [1.29, 1.82) is 0 Å². The van der Waals surface area contributed by atoms with Gasteiger partial charge in [-0.1, -0.05) is 32.1 Å². The van der Waals surface area contributed by atoms with Crippen molar-refractivity contribution in [1.82, 2.24) is 10.2 Å². The number of hydrogen-bond donors (Lipinski definition) is 1. The summed E-state index contributed by atoms with van der Waals surface area (Å²) >= 11 is 0. The van der Waals surface area contributed by atoms with Crippen LogP contribution >= 0.6 is 0 Å². The highest BCUT2D eigenvalue weighted by molar-refractivity contribution is 5.02. The Bertz CT molecular complexity index is 295. The molecular weight excluding hydrogens is 248 g/mol. The molecule has 1 unspecified atom stereocenters. The Morgan fingerprint density at radius 1 is 1.10 bits per heavy atom. The predicted octanol–water partition coefficient (Wildman–Crippen LogP) is 2.80. The van der Waals surface area contributed by atoms with Gasteiger partial charge in [0.2, 0.25) is 0 Å². The first-order valence-corrected chi connectivity index (χ1v) is 8.81. The van der Waals surface area contributed by atoms with E-state index in [1.54, 1.807) is 0 Å². The van der Waals surface area contributed by atoms with Gasteiger partial charge in [-0.05, 0) is 31.6 Å². The zero-order valence-electron chi connectivity index (χ0n) is 13.2. The largest absolute Gasteiger partial charge is 0.383 e. The first kappa shape index (κ1) is 14.8. The molecule has 0 amide bonds. The summed E-state index contributed by atoms with van der Waals surface area (Å²) in [6, 6.07) is 0.761. The van der Waals surface area contributed by atoms with Gasteiger partial charge in [-0.3, -0.25) is 4.90 Å². The van der Waals surface area contributed by atoms with E-state index in [0.717, 1.165) is 25.1 Å². The predicted molar refractivity (Wildman–Crippen MR) is 83.0 cm³/mol. The van der Waals surface area contributed by atoms with Crippen molar-refractivity contribution in [2.75, 3.05) is 33.4 Å². The van der Waals surface area contributed by atoms with Gasteiger partial charge < -0.3 is 10.1 Å². The van der Waals surface area contributed by atoms with Crippen LogP contribution in [0.25, 0.3) is 0 Å². The monoisotopic (exact) mass is 280 g/mol. The summed E-state index contributed by atoms with van der Waals surface area (Å²) in [5.74, 6) is 0.923. The Kier molecular flexibility index (Phi) is 5.00. The van der Waals surface area contributed by atoms with Crippen LogP contribution < -0.4 is 5.32 Å². The van der Waals surface area contributed by atoms with Gasteiger partial charge in [-0.2, -0.15) is 0 Å². The van der Waals surface area contributed by atoms with E-state index in [1.165, 1.54) is 70.9 Å². The average molecular weight is 280 g/mol. The molecule has 0 aromatic heterocycles. The molecule has 1 saturated heterocycles.